The van der Waals surface area contributed by atoms with Gasteiger partial charge in [0.25, 0.3) is 0 Å². The molecular formula is C16H28N4. The van der Waals surface area contributed by atoms with Crippen molar-refractivity contribution in [2.45, 2.75) is 27.3 Å². The van der Waals surface area contributed by atoms with Gasteiger partial charge >= 0.3 is 0 Å². The second-order valence-electron chi connectivity index (χ2n) is 6.23. The quantitative estimate of drug-likeness (QED) is 0.890. The van der Waals surface area contributed by atoms with Gasteiger partial charge in [0.05, 0.1) is 0 Å². The number of hydrogen-bond acceptors (Lipinski definition) is 4. The van der Waals surface area contributed by atoms with Crippen LogP contribution < -0.4 is 10.2 Å². The van der Waals surface area contributed by atoms with Crippen LogP contribution in [0.25, 0.3) is 0 Å². The van der Waals surface area contributed by atoms with Crippen LogP contribution in [0.4, 0.5) is 5.82 Å². The first-order valence-electron chi connectivity index (χ1n) is 7.67. The van der Waals surface area contributed by atoms with Crippen LogP contribution in [0.1, 0.15) is 25.1 Å². The highest BCUT2D eigenvalue weighted by Gasteiger charge is 2.15. The summed E-state index contributed by atoms with van der Waals surface area (Å²) in [4.78, 5) is 9.54. The van der Waals surface area contributed by atoms with Crippen LogP contribution in [0.5, 0.6) is 0 Å². The van der Waals surface area contributed by atoms with Gasteiger partial charge in [0.2, 0.25) is 0 Å². The number of rotatable bonds is 5. The van der Waals surface area contributed by atoms with E-state index in [1.54, 1.807) is 0 Å². The Balaban J connectivity index is 1.95. The van der Waals surface area contributed by atoms with Gasteiger partial charge < -0.3 is 15.1 Å². The maximum atomic E-state index is 4.79. The van der Waals surface area contributed by atoms with Gasteiger partial charge in [-0.05, 0) is 38.1 Å². The Labute approximate surface area is 123 Å². The van der Waals surface area contributed by atoms with Gasteiger partial charge in [-0.2, -0.15) is 0 Å². The lowest BCUT2D eigenvalue weighted by Crippen LogP contribution is -2.44. The molecule has 0 radical (unpaired) electrons. The number of piperazine rings is 1. The number of nitrogens with one attached hydrogen (secondary N) is 1. The van der Waals surface area contributed by atoms with Crippen LogP contribution in [-0.4, -0.2) is 49.7 Å². The van der Waals surface area contributed by atoms with Gasteiger partial charge in [-0.3, -0.25) is 0 Å². The lowest BCUT2D eigenvalue weighted by Gasteiger charge is -2.33. The molecule has 1 fully saturated rings. The summed E-state index contributed by atoms with van der Waals surface area (Å²) in [5.41, 5.74) is 2.46. The summed E-state index contributed by atoms with van der Waals surface area (Å²) in [7, 11) is 2.18. The number of pyridine rings is 1. The molecule has 0 unspecified atom stereocenters. The molecule has 0 amide bonds. The van der Waals surface area contributed by atoms with Crippen molar-refractivity contribution in [1.82, 2.24) is 15.2 Å². The molecule has 0 spiro atoms. The van der Waals surface area contributed by atoms with E-state index in [0.29, 0.717) is 5.92 Å². The third kappa shape index (κ3) is 4.18. The van der Waals surface area contributed by atoms with Crippen LogP contribution in [-0.2, 0) is 6.54 Å². The molecule has 4 heteroatoms. The highest BCUT2D eigenvalue weighted by molar-refractivity contribution is 5.42. The Morgan fingerprint density at radius 2 is 1.90 bits per heavy atom. The predicted molar refractivity (Wildman–Crippen MR) is 85.2 cm³/mol. The van der Waals surface area contributed by atoms with Gasteiger partial charge in [-0.1, -0.05) is 19.9 Å². The number of hydrogen-bond donors (Lipinski definition) is 1. The minimum atomic E-state index is 0.688. The summed E-state index contributed by atoms with van der Waals surface area (Å²) in [5, 5.41) is 3.49. The number of aryl methyl sites for hydroxylation is 1. The molecule has 1 aliphatic heterocycles. The SMILES string of the molecule is Cc1nc(N2CCN(C)CC2)ccc1CNCC(C)C. The number of anilines is 1. The molecule has 1 saturated heterocycles. The van der Waals surface area contributed by atoms with E-state index in [9.17, 15) is 0 Å². The Morgan fingerprint density at radius 3 is 2.50 bits per heavy atom. The second kappa shape index (κ2) is 7.04. The fraction of sp³-hybridized carbons (Fsp3) is 0.688. The van der Waals surface area contributed by atoms with Gasteiger partial charge in [0, 0.05) is 38.4 Å². The Morgan fingerprint density at radius 1 is 1.20 bits per heavy atom. The number of nitrogens with zero attached hydrogens (tertiary/aromatic N) is 3. The van der Waals surface area contributed by atoms with E-state index >= 15 is 0 Å². The molecular weight excluding hydrogens is 248 g/mol. The summed E-state index contributed by atoms with van der Waals surface area (Å²) in [5.74, 6) is 1.82. The molecule has 4 nitrogen and oxygen atoms in total. The predicted octanol–water partition coefficient (Wildman–Crippen LogP) is 1.89. The zero-order chi connectivity index (χ0) is 14.5. The Hall–Kier alpha value is -1.13. The maximum Gasteiger partial charge on any atom is 0.128 e. The van der Waals surface area contributed by atoms with Crippen molar-refractivity contribution in [1.29, 1.82) is 0 Å². The molecule has 0 bridgehead atoms. The zero-order valence-corrected chi connectivity index (χ0v) is 13.3. The fourth-order valence-electron chi connectivity index (χ4n) is 2.47. The summed E-state index contributed by atoms with van der Waals surface area (Å²) in [6.45, 7) is 13.0. The Kier molecular flexibility index (Phi) is 5.38. The van der Waals surface area contributed by atoms with Crippen molar-refractivity contribution in [3.05, 3.63) is 23.4 Å². The molecule has 112 valence electrons. The van der Waals surface area contributed by atoms with E-state index in [2.05, 4.69) is 55.1 Å². The second-order valence-corrected chi connectivity index (χ2v) is 6.23. The largest absolute Gasteiger partial charge is 0.354 e. The molecule has 1 aromatic heterocycles. The normalized spacial score (nSPS) is 16.9. The standard InChI is InChI=1S/C16H28N4/c1-13(2)11-17-12-15-5-6-16(18-14(15)3)20-9-7-19(4)8-10-20/h5-6,13,17H,7-12H2,1-4H3. The van der Waals surface area contributed by atoms with E-state index in [1.807, 2.05) is 0 Å². The third-order valence-electron chi connectivity index (χ3n) is 3.88. The molecule has 0 aliphatic carbocycles. The highest BCUT2D eigenvalue weighted by Crippen LogP contribution is 2.16. The Bertz CT molecular complexity index is 422. The molecule has 1 aromatic rings. The molecule has 0 saturated carbocycles. The summed E-state index contributed by atoms with van der Waals surface area (Å²) < 4.78 is 0. The minimum Gasteiger partial charge on any atom is -0.354 e. The van der Waals surface area contributed by atoms with Crippen molar-refractivity contribution >= 4 is 5.82 Å². The third-order valence-corrected chi connectivity index (χ3v) is 3.88. The molecule has 2 heterocycles. The van der Waals surface area contributed by atoms with Crippen LogP contribution in [0, 0.1) is 12.8 Å². The van der Waals surface area contributed by atoms with Crippen LogP contribution in [0.15, 0.2) is 12.1 Å². The van der Waals surface area contributed by atoms with Gasteiger partial charge in [-0.15, -0.1) is 0 Å². The molecule has 20 heavy (non-hydrogen) atoms. The first-order chi connectivity index (χ1) is 9.56. The molecule has 2 rings (SSSR count). The van der Waals surface area contributed by atoms with Gasteiger partial charge in [0.1, 0.15) is 5.82 Å². The van der Waals surface area contributed by atoms with E-state index in [4.69, 9.17) is 4.98 Å². The van der Waals surface area contributed by atoms with E-state index in [1.165, 1.54) is 5.56 Å². The fourth-order valence-corrected chi connectivity index (χ4v) is 2.47. The van der Waals surface area contributed by atoms with Gasteiger partial charge in [-0.25, -0.2) is 4.98 Å². The monoisotopic (exact) mass is 276 g/mol. The first kappa shape index (κ1) is 15.3. The van der Waals surface area contributed by atoms with E-state index in [0.717, 1.165) is 50.8 Å². The lowest BCUT2D eigenvalue weighted by atomic mass is 10.1. The van der Waals surface area contributed by atoms with Crippen molar-refractivity contribution in [3.63, 3.8) is 0 Å². The van der Waals surface area contributed by atoms with Crippen LogP contribution >= 0.6 is 0 Å². The number of likely N-dealkylation sites (N-methyl/N-ethyl adjacent to an activating group) is 1. The first-order valence-corrected chi connectivity index (χ1v) is 7.67. The van der Waals surface area contributed by atoms with Crippen molar-refractivity contribution in [2.24, 2.45) is 5.92 Å². The molecule has 0 atom stereocenters. The molecule has 1 N–H and O–H groups in total. The zero-order valence-electron chi connectivity index (χ0n) is 13.3. The van der Waals surface area contributed by atoms with Crippen molar-refractivity contribution < 1.29 is 0 Å². The average molecular weight is 276 g/mol. The van der Waals surface area contributed by atoms with E-state index in [-0.39, 0.29) is 0 Å². The van der Waals surface area contributed by atoms with Crippen LogP contribution in [0.2, 0.25) is 0 Å². The maximum absolute atomic E-state index is 4.79. The lowest BCUT2D eigenvalue weighted by molar-refractivity contribution is 0.312. The summed E-state index contributed by atoms with van der Waals surface area (Å²) in [6.07, 6.45) is 0. The van der Waals surface area contributed by atoms with Crippen molar-refractivity contribution in [2.75, 3.05) is 44.7 Å². The smallest absolute Gasteiger partial charge is 0.128 e. The number of aromatic nitrogens is 1. The highest BCUT2D eigenvalue weighted by atomic mass is 15.3. The molecule has 1 aliphatic rings. The minimum absolute atomic E-state index is 0.688. The topological polar surface area (TPSA) is 31.4 Å². The van der Waals surface area contributed by atoms with Crippen LogP contribution in [0.3, 0.4) is 0 Å². The molecule has 0 aromatic carbocycles. The van der Waals surface area contributed by atoms with Crippen molar-refractivity contribution in [3.8, 4) is 0 Å². The average Bonchev–Trinajstić information content (AvgIpc) is 2.41. The summed E-state index contributed by atoms with van der Waals surface area (Å²) >= 11 is 0. The summed E-state index contributed by atoms with van der Waals surface area (Å²) in [6, 6.07) is 4.40. The van der Waals surface area contributed by atoms with E-state index < -0.39 is 0 Å². The van der Waals surface area contributed by atoms with Gasteiger partial charge in [0.15, 0.2) is 0 Å².